The van der Waals surface area contributed by atoms with Crippen molar-refractivity contribution in [2.45, 2.75) is 146 Å². The van der Waals surface area contributed by atoms with Crippen LogP contribution >= 0.6 is 0 Å². The standard InChI is InChI=1S/C19H28O4.C19H30O3/c1-12(11-22-17-9-14(3)18(21)23-17)6-7-16-13(2)8-15(20)10-19(16,4)5;1-13(12-21-17-11-15(3)18(20)22-17)8-9-16-14(2)7-6-10-19(16,4)5/h9,11,15,17,20H,6-8,10H2,1-5H3;11-12,14,16-17H,6-10H2,1-5H3/b12-11-;13-12-. The second kappa shape index (κ2) is 15.7. The maximum atomic E-state index is 11.3. The molecule has 45 heavy (non-hydrogen) atoms. The number of hydrogen-bond acceptors (Lipinski definition) is 7. The van der Waals surface area contributed by atoms with Gasteiger partial charge in [0, 0.05) is 23.3 Å². The van der Waals surface area contributed by atoms with E-state index in [0.29, 0.717) is 16.6 Å². The number of carbonyl (C=O) groups excluding carboxylic acids is 2. The number of esters is 2. The molecular formula is C38H58O7. The molecule has 4 rings (SSSR count). The maximum Gasteiger partial charge on any atom is 0.336 e. The Balaban J connectivity index is 0.000000246. The second-order valence-corrected chi connectivity index (χ2v) is 15.2. The Bertz CT molecular complexity index is 1230. The van der Waals surface area contributed by atoms with Crippen molar-refractivity contribution in [2.24, 2.45) is 22.7 Å². The number of cyclic esters (lactones) is 2. The van der Waals surface area contributed by atoms with Crippen molar-refractivity contribution in [3.8, 4) is 0 Å². The molecule has 0 saturated heterocycles. The number of aliphatic hydroxyl groups excluding tert-OH is 1. The summed E-state index contributed by atoms with van der Waals surface area (Å²) in [5.74, 6) is 0.980. The molecule has 0 aromatic heterocycles. The molecule has 5 atom stereocenters. The minimum Gasteiger partial charge on any atom is -0.459 e. The Hall–Kier alpha value is -2.80. The molecule has 0 radical (unpaired) electrons. The molecule has 2 aliphatic carbocycles. The summed E-state index contributed by atoms with van der Waals surface area (Å²) in [7, 11) is 0. The van der Waals surface area contributed by atoms with Crippen LogP contribution in [0.3, 0.4) is 0 Å². The van der Waals surface area contributed by atoms with Gasteiger partial charge in [0.15, 0.2) is 0 Å². The number of allylic oxidation sites excluding steroid dienone is 3. The van der Waals surface area contributed by atoms with E-state index in [1.807, 2.05) is 6.92 Å². The zero-order chi connectivity index (χ0) is 33.5. The van der Waals surface area contributed by atoms with Crippen LogP contribution in [0.1, 0.15) is 127 Å². The van der Waals surface area contributed by atoms with Crippen molar-refractivity contribution in [1.82, 2.24) is 0 Å². The monoisotopic (exact) mass is 626 g/mol. The SMILES string of the molecule is CC1=CC(O/C=C(/C)CCC2=C(C)CC(O)CC2(C)C)OC1=O.CC1=CC(O/C=C(/C)CCC2C(C)CCCC2(C)C)OC1=O. The van der Waals surface area contributed by atoms with Gasteiger partial charge in [-0.2, -0.15) is 0 Å². The first-order valence-corrected chi connectivity index (χ1v) is 16.8. The van der Waals surface area contributed by atoms with Gasteiger partial charge in [-0.25, -0.2) is 9.59 Å². The molecule has 0 aromatic rings. The number of hydrogen-bond donors (Lipinski definition) is 1. The van der Waals surface area contributed by atoms with Crippen LogP contribution in [-0.4, -0.2) is 35.7 Å². The highest BCUT2D eigenvalue weighted by atomic mass is 16.7. The summed E-state index contributed by atoms with van der Waals surface area (Å²) in [4.78, 5) is 22.6. The fourth-order valence-electron chi connectivity index (χ4n) is 7.44. The molecular weight excluding hydrogens is 568 g/mol. The van der Waals surface area contributed by atoms with Gasteiger partial charge in [-0.3, -0.25) is 0 Å². The second-order valence-electron chi connectivity index (χ2n) is 15.2. The molecule has 1 N–H and O–H groups in total. The predicted molar refractivity (Wildman–Crippen MR) is 177 cm³/mol. The molecule has 2 heterocycles. The van der Waals surface area contributed by atoms with Crippen molar-refractivity contribution < 1.29 is 33.6 Å². The molecule has 1 fully saturated rings. The van der Waals surface area contributed by atoms with E-state index in [2.05, 4.69) is 48.5 Å². The van der Waals surface area contributed by atoms with Crippen LogP contribution < -0.4 is 0 Å². The van der Waals surface area contributed by atoms with Gasteiger partial charge < -0.3 is 24.1 Å². The van der Waals surface area contributed by atoms with Gasteiger partial charge in [0.05, 0.1) is 18.6 Å². The van der Waals surface area contributed by atoms with Crippen LogP contribution in [0.2, 0.25) is 0 Å². The third kappa shape index (κ3) is 10.6. The van der Waals surface area contributed by atoms with Crippen LogP contribution in [-0.2, 0) is 28.5 Å². The smallest absolute Gasteiger partial charge is 0.336 e. The Morgan fingerprint density at radius 1 is 0.933 bits per heavy atom. The normalized spacial score (nSPS) is 29.7. The minimum atomic E-state index is -0.598. The lowest BCUT2D eigenvalue weighted by molar-refractivity contribution is -0.153. The summed E-state index contributed by atoms with van der Waals surface area (Å²) in [5.41, 5.74) is 6.77. The predicted octanol–water partition coefficient (Wildman–Crippen LogP) is 8.99. The molecule has 4 aliphatic rings. The van der Waals surface area contributed by atoms with E-state index in [4.69, 9.17) is 18.9 Å². The molecule has 0 spiro atoms. The quantitative estimate of drug-likeness (QED) is 0.147. The third-order valence-electron chi connectivity index (χ3n) is 10.1. The number of ether oxygens (including phenoxy) is 4. The maximum absolute atomic E-state index is 11.3. The fraction of sp³-hybridized carbons (Fsp3) is 0.684. The van der Waals surface area contributed by atoms with Crippen LogP contribution in [0, 0.1) is 22.7 Å². The highest BCUT2D eigenvalue weighted by Crippen LogP contribution is 2.46. The molecule has 0 bridgehead atoms. The van der Waals surface area contributed by atoms with Crippen LogP contribution in [0.4, 0.5) is 0 Å². The molecule has 1 saturated carbocycles. The number of rotatable bonds is 10. The van der Waals surface area contributed by atoms with Gasteiger partial charge in [0.1, 0.15) is 0 Å². The van der Waals surface area contributed by atoms with Gasteiger partial charge in [-0.15, -0.1) is 0 Å². The molecule has 7 heteroatoms. The lowest BCUT2D eigenvalue weighted by atomic mass is 9.62. The first kappa shape index (κ1) is 36.7. The zero-order valence-corrected chi connectivity index (χ0v) is 29.5. The highest BCUT2D eigenvalue weighted by Gasteiger charge is 2.36. The minimum absolute atomic E-state index is 0.0454. The third-order valence-corrected chi connectivity index (χ3v) is 10.1. The molecule has 0 aromatic carbocycles. The summed E-state index contributed by atoms with van der Waals surface area (Å²) in [6.07, 6.45) is 15.3. The Morgan fingerprint density at radius 3 is 1.93 bits per heavy atom. The lowest BCUT2D eigenvalue weighted by Crippen LogP contribution is -2.33. The van der Waals surface area contributed by atoms with E-state index >= 15 is 0 Å². The summed E-state index contributed by atoms with van der Waals surface area (Å²) in [6.45, 7) is 21.3. The molecule has 7 nitrogen and oxygen atoms in total. The largest absolute Gasteiger partial charge is 0.459 e. The molecule has 5 unspecified atom stereocenters. The summed E-state index contributed by atoms with van der Waals surface area (Å²) in [6, 6.07) is 0. The fourth-order valence-corrected chi connectivity index (χ4v) is 7.44. The molecule has 2 aliphatic heterocycles. The Kier molecular flexibility index (Phi) is 12.8. The van der Waals surface area contributed by atoms with E-state index in [1.54, 1.807) is 38.5 Å². The van der Waals surface area contributed by atoms with Crippen molar-refractivity contribution in [2.75, 3.05) is 0 Å². The summed E-state index contributed by atoms with van der Waals surface area (Å²) >= 11 is 0. The first-order valence-electron chi connectivity index (χ1n) is 16.8. The van der Waals surface area contributed by atoms with Gasteiger partial charge in [-0.05, 0) is 113 Å². The van der Waals surface area contributed by atoms with Crippen LogP contribution in [0.15, 0.2) is 58.1 Å². The van der Waals surface area contributed by atoms with Crippen molar-refractivity contribution in [3.63, 3.8) is 0 Å². The lowest BCUT2D eigenvalue weighted by Gasteiger charge is -2.43. The van der Waals surface area contributed by atoms with Crippen molar-refractivity contribution in [3.05, 3.63) is 58.1 Å². The number of aliphatic hydroxyl groups is 1. The van der Waals surface area contributed by atoms with Gasteiger partial charge >= 0.3 is 11.9 Å². The Labute approximate surface area is 271 Å². The average molecular weight is 627 g/mol. The van der Waals surface area contributed by atoms with Crippen molar-refractivity contribution in [1.29, 1.82) is 0 Å². The molecule has 0 amide bonds. The number of carbonyl (C=O) groups is 2. The summed E-state index contributed by atoms with van der Waals surface area (Å²) in [5, 5.41) is 9.95. The highest BCUT2D eigenvalue weighted by molar-refractivity contribution is 5.90. The zero-order valence-electron chi connectivity index (χ0n) is 29.5. The summed E-state index contributed by atoms with van der Waals surface area (Å²) < 4.78 is 21.2. The van der Waals surface area contributed by atoms with Crippen LogP contribution in [0.25, 0.3) is 0 Å². The van der Waals surface area contributed by atoms with E-state index < -0.39 is 12.6 Å². The van der Waals surface area contributed by atoms with Gasteiger partial charge in [0.2, 0.25) is 0 Å². The first-order chi connectivity index (χ1) is 21.0. The average Bonchev–Trinajstić information content (AvgIpc) is 3.43. The van der Waals surface area contributed by atoms with E-state index in [9.17, 15) is 14.7 Å². The van der Waals surface area contributed by atoms with Gasteiger partial charge in [0.25, 0.3) is 12.6 Å². The van der Waals surface area contributed by atoms with Crippen molar-refractivity contribution >= 4 is 11.9 Å². The topological polar surface area (TPSA) is 91.3 Å². The Morgan fingerprint density at radius 2 is 1.47 bits per heavy atom. The van der Waals surface area contributed by atoms with E-state index in [1.165, 1.54) is 42.4 Å². The van der Waals surface area contributed by atoms with Crippen LogP contribution in [0.5, 0.6) is 0 Å². The van der Waals surface area contributed by atoms with E-state index in [0.717, 1.165) is 49.5 Å². The molecule has 252 valence electrons. The van der Waals surface area contributed by atoms with Gasteiger partial charge in [-0.1, -0.05) is 58.6 Å². The van der Waals surface area contributed by atoms with E-state index in [-0.39, 0.29) is 23.5 Å².